The van der Waals surface area contributed by atoms with E-state index < -0.39 is 0 Å². The number of hydrogen-bond donors (Lipinski definition) is 1. The molecule has 0 bridgehead atoms. The first-order valence-electron chi connectivity index (χ1n) is 9.62. The molecule has 1 aromatic carbocycles. The van der Waals surface area contributed by atoms with E-state index in [1.54, 1.807) is 12.4 Å². The van der Waals surface area contributed by atoms with Crippen LogP contribution in [-0.2, 0) is 17.8 Å². The van der Waals surface area contributed by atoms with Gasteiger partial charge in [0.2, 0.25) is 5.91 Å². The first-order chi connectivity index (χ1) is 12.7. The third-order valence-corrected chi connectivity index (χ3v) is 4.32. The molecule has 0 spiro atoms. The van der Waals surface area contributed by atoms with Crippen LogP contribution in [0.15, 0.2) is 48.8 Å². The molecule has 2 aromatic rings. The Morgan fingerprint density at radius 1 is 1.08 bits per heavy atom. The zero-order valence-corrected chi connectivity index (χ0v) is 16.4. The van der Waals surface area contributed by atoms with Crippen molar-refractivity contribution in [1.82, 2.24) is 9.88 Å². The van der Waals surface area contributed by atoms with E-state index >= 15 is 0 Å². The summed E-state index contributed by atoms with van der Waals surface area (Å²) in [5, 5.41) is 0. The third-order valence-electron chi connectivity index (χ3n) is 4.32. The van der Waals surface area contributed by atoms with Crippen LogP contribution < -0.4 is 5.73 Å². The molecule has 26 heavy (non-hydrogen) atoms. The summed E-state index contributed by atoms with van der Waals surface area (Å²) in [4.78, 5) is 17.7. The Labute approximate surface area is 158 Å². The fraction of sp³-hybridized carbons (Fsp3) is 0.455. The molecule has 0 atom stereocenters. The number of aromatic nitrogens is 1. The van der Waals surface area contributed by atoms with Gasteiger partial charge in [-0.05, 0) is 55.0 Å². The fourth-order valence-electron chi connectivity index (χ4n) is 2.76. The number of rotatable bonds is 4. The summed E-state index contributed by atoms with van der Waals surface area (Å²) in [5.41, 5.74) is 9.15. The first kappa shape index (κ1) is 21.8. The van der Waals surface area contributed by atoms with E-state index in [1.165, 1.54) is 29.5 Å². The monoisotopic (exact) mass is 355 g/mol. The number of likely N-dealkylation sites (tertiary alicyclic amines) is 1. The molecule has 2 heterocycles. The lowest BCUT2D eigenvalue weighted by Crippen LogP contribution is -2.27. The van der Waals surface area contributed by atoms with Crippen LogP contribution in [0, 0.1) is 6.92 Å². The fourth-order valence-corrected chi connectivity index (χ4v) is 2.76. The van der Waals surface area contributed by atoms with E-state index in [-0.39, 0.29) is 0 Å². The van der Waals surface area contributed by atoms with Gasteiger partial charge in [-0.2, -0.15) is 0 Å². The van der Waals surface area contributed by atoms with Crippen molar-refractivity contribution in [3.05, 3.63) is 65.5 Å². The summed E-state index contributed by atoms with van der Waals surface area (Å²) in [6.07, 6.45) is 7.34. The number of carbonyl (C=O) groups excluding carboxylic acids is 1. The smallest absolute Gasteiger partial charge is 0.222 e. The van der Waals surface area contributed by atoms with E-state index in [1.807, 2.05) is 43.0 Å². The number of aryl methyl sites for hydroxylation is 2. The molecule has 3 rings (SSSR count). The maximum Gasteiger partial charge on any atom is 0.222 e. The molecule has 1 aromatic heterocycles. The topological polar surface area (TPSA) is 59.2 Å². The molecule has 1 saturated heterocycles. The summed E-state index contributed by atoms with van der Waals surface area (Å²) >= 11 is 0. The van der Waals surface area contributed by atoms with E-state index in [2.05, 4.69) is 24.0 Å². The molecule has 0 unspecified atom stereocenters. The Balaban J connectivity index is 0.000000263. The normalized spacial score (nSPS) is 12.5. The Morgan fingerprint density at radius 2 is 1.69 bits per heavy atom. The first-order valence-corrected chi connectivity index (χ1v) is 9.62. The van der Waals surface area contributed by atoms with E-state index in [9.17, 15) is 4.79 Å². The highest BCUT2D eigenvalue weighted by molar-refractivity contribution is 5.76. The van der Waals surface area contributed by atoms with Gasteiger partial charge in [-0.3, -0.25) is 9.78 Å². The van der Waals surface area contributed by atoms with E-state index in [0.717, 1.165) is 19.5 Å². The van der Waals surface area contributed by atoms with Crippen molar-refractivity contribution in [1.29, 1.82) is 0 Å². The molecule has 2 N–H and O–H groups in total. The highest BCUT2D eigenvalue weighted by Gasteiger charge is 2.16. The van der Waals surface area contributed by atoms with E-state index in [0.29, 0.717) is 18.9 Å². The van der Waals surface area contributed by atoms with Crippen molar-refractivity contribution < 1.29 is 4.79 Å². The number of pyridine rings is 1. The number of nitrogens with two attached hydrogens (primary N) is 1. The van der Waals surface area contributed by atoms with Gasteiger partial charge in [0.1, 0.15) is 0 Å². The lowest BCUT2D eigenvalue weighted by Gasteiger charge is -2.14. The van der Waals surface area contributed by atoms with Crippen molar-refractivity contribution in [2.24, 2.45) is 5.73 Å². The standard InChI is InChI=1S/C12H16N2O.C8H11N.C2H6/c15-12(14-9-1-2-10-14)4-3-11-5-7-13-8-6-11;1-7-4-2-3-5-8(7)6-9;1-2/h5-8H,1-4,9-10H2;2-5H,6,9H2,1H3;1-2H3. The number of benzene rings is 1. The van der Waals surface area contributed by atoms with Crippen molar-refractivity contribution in [2.75, 3.05) is 13.1 Å². The number of hydrogen-bond acceptors (Lipinski definition) is 3. The molecule has 1 amide bonds. The summed E-state index contributed by atoms with van der Waals surface area (Å²) < 4.78 is 0. The van der Waals surface area contributed by atoms with Gasteiger partial charge in [-0.15, -0.1) is 0 Å². The second-order valence-electron chi connectivity index (χ2n) is 6.07. The molecule has 142 valence electrons. The highest BCUT2D eigenvalue weighted by atomic mass is 16.2. The molecule has 1 aliphatic rings. The zero-order valence-electron chi connectivity index (χ0n) is 16.4. The molecule has 1 aliphatic heterocycles. The van der Waals surface area contributed by atoms with Crippen LogP contribution in [-0.4, -0.2) is 28.9 Å². The number of nitrogens with zero attached hydrogens (tertiary/aromatic N) is 2. The minimum absolute atomic E-state index is 0.296. The van der Waals surface area contributed by atoms with Crippen LogP contribution >= 0.6 is 0 Å². The molecule has 4 heteroatoms. The molecule has 0 saturated carbocycles. The second-order valence-corrected chi connectivity index (χ2v) is 6.07. The van der Waals surface area contributed by atoms with Crippen LogP contribution in [0.25, 0.3) is 0 Å². The van der Waals surface area contributed by atoms with Crippen LogP contribution in [0.2, 0.25) is 0 Å². The summed E-state index contributed by atoms with van der Waals surface area (Å²) in [6.45, 7) is 8.62. The predicted octanol–water partition coefficient (Wildman–Crippen LogP) is 4.12. The Bertz CT molecular complexity index is 622. The van der Waals surface area contributed by atoms with Gasteiger partial charge < -0.3 is 10.6 Å². The number of carbonyl (C=O) groups is 1. The van der Waals surface area contributed by atoms with Crippen LogP contribution in [0.4, 0.5) is 0 Å². The quantitative estimate of drug-likeness (QED) is 0.897. The van der Waals surface area contributed by atoms with Crippen molar-refractivity contribution in [2.45, 2.75) is 53.0 Å². The lowest BCUT2D eigenvalue weighted by molar-refractivity contribution is -0.130. The SMILES string of the molecule is CC.Cc1ccccc1CN.O=C(CCc1ccncc1)N1CCCC1. The van der Waals surface area contributed by atoms with Gasteiger partial charge in [0.05, 0.1) is 0 Å². The van der Waals surface area contributed by atoms with Crippen molar-refractivity contribution in [3.8, 4) is 0 Å². The Morgan fingerprint density at radius 3 is 2.23 bits per heavy atom. The van der Waals surface area contributed by atoms with Gasteiger partial charge in [0.15, 0.2) is 0 Å². The third kappa shape index (κ3) is 7.79. The molecule has 0 radical (unpaired) electrons. The summed E-state index contributed by atoms with van der Waals surface area (Å²) in [5.74, 6) is 0.296. The van der Waals surface area contributed by atoms with E-state index in [4.69, 9.17) is 5.73 Å². The average Bonchev–Trinajstić information content (AvgIpc) is 3.24. The van der Waals surface area contributed by atoms with Crippen LogP contribution in [0.3, 0.4) is 0 Å². The zero-order chi connectivity index (χ0) is 19.2. The van der Waals surface area contributed by atoms with Gasteiger partial charge in [-0.25, -0.2) is 0 Å². The average molecular weight is 356 g/mol. The molecule has 1 fully saturated rings. The summed E-state index contributed by atoms with van der Waals surface area (Å²) in [6, 6.07) is 12.1. The van der Waals surface area contributed by atoms with Crippen LogP contribution in [0.1, 0.15) is 49.8 Å². The van der Waals surface area contributed by atoms with Gasteiger partial charge >= 0.3 is 0 Å². The van der Waals surface area contributed by atoms with Gasteiger partial charge in [0.25, 0.3) is 0 Å². The van der Waals surface area contributed by atoms with Crippen LogP contribution in [0.5, 0.6) is 0 Å². The predicted molar refractivity (Wildman–Crippen MR) is 109 cm³/mol. The minimum Gasteiger partial charge on any atom is -0.343 e. The molecule has 0 aliphatic carbocycles. The van der Waals surface area contributed by atoms with Gasteiger partial charge in [0, 0.05) is 38.4 Å². The molecular weight excluding hydrogens is 322 g/mol. The molecular formula is C22H33N3O. The molecule has 4 nitrogen and oxygen atoms in total. The lowest BCUT2D eigenvalue weighted by atomic mass is 10.1. The van der Waals surface area contributed by atoms with Crippen molar-refractivity contribution in [3.63, 3.8) is 0 Å². The maximum atomic E-state index is 11.7. The van der Waals surface area contributed by atoms with Crippen molar-refractivity contribution >= 4 is 5.91 Å². The van der Waals surface area contributed by atoms with Gasteiger partial charge in [-0.1, -0.05) is 38.1 Å². The maximum absolute atomic E-state index is 11.7. The summed E-state index contributed by atoms with van der Waals surface area (Å²) in [7, 11) is 0. The number of amides is 1. The Kier molecular flexibility index (Phi) is 11.0. The second kappa shape index (κ2) is 13.1. The highest BCUT2D eigenvalue weighted by Crippen LogP contribution is 2.10. The largest absolute Gasteiger partial charge is 0.343 e. The minimum atomic E-state index is 0.296. The Hall–Kier alpha value is -2.20.